The average Bonchev–Trinajstić information content (AvgIpc) is 3.17. The molecule has 1 aliphatic heterocycles. The number of aryl methyl sites for hydroxylation is 1. The number of carbonyl (C=O) groups excluding carboxylic acids is 1. The summed E-state index contributed by atoms with van der Waals surface area (Å²) in [5.41, 5.74) is 2.61. The second-order valence-corrected chi connectivity index (χ2v) is 8.92. The first kappa shape index (κ1) is 21.0. The van der Waals surface area contributed by atoms with Crippen molar-refractivity contribution in [1.82, 2.24) is 4.90 Å². The van der Waals surface area contributed by atoms with Crippen molar-refractivity contribution >= 4 is 21.6 Å². The molecule has 1 atom stereocenters. The third kappa shape index (κ3) is 4.64. The van der Waals surface area contributed by atoms with Gasteiger partial charge >= 0.3 is 0 Å². The summed E-state index contributed by atoms with van der Waals surface area (Å²) in [4.78, 5) is 15.1. The molecule has 0 aromatic heterocycles. The summed E-state index contributed by atoms with van der Waals surface area (Å²) < 4.78 is 36.4. The van der Waals surface area contributed by atoms with Crippen LogP contribution in [0, 0.1) is 6.92 Å². The van der Waals surface area contributed by atoms with E-state index in [2.05, 4.69) is 4.72 Å². The fourth-order valence-corrected chi connectivity index (χ4v) is 4.27. The number of carbonyl (C=O) groups is 1. The fourth-order valence-electron chi connectivity index (χ4n) is 3.65. The van der Waals surface area contributed by atoms with E-state index in [4.69, 9.17) is 9.47 Å². The van der Waals surface area contributed by atoms with Crippen LogP contribution in [0.4, 0.5) is 5.69 Å². The Kier molecular flexibility index (Phi) is 6.02. The first-order valence-corrected chi connectivity index (χ1v) is 11.2. The third-order valence-corrected chi connectivity index (χ3v) is 5.68. The van der Waals surface area contributed by atoms with Gasteiger partial charge in [-0.05, 0) is 55.2 Å². The van der Waals surface area contributed by atoms with E-state index in [0.717, 1.165) is 30.2 Å². The van der Waals surface area contributed by atoms with Gasteiger partial charge in [0.15, 0.2) is 11.5 Å². The highest BCUT2D eigenvalue weighted by Crippen LogP contribution is 2.37. The maximum Gasteiger partial charge on any atom is 0.254 e. The summed E-state index contributed by atoms with van der Waals surface area (Å²) in [6.07, 6.45) is 2.83. The van der Waals surface area contributed by atoms with E-state index in [-0.39, 0.29) is 11.9 Å². The van der Waals surface area contributed by atoms with E-state index >= 15 is 0 Å². The first-order chi connectivity index (χ1) is 13.7. The van der Waals surface area contributed by atoms with E-state index < -0.39 is 10.0 Å². The minimum absolute atomic E-state index is 0.0741. The monoisotopic (exact) mass is 418 g/mol. The number of nitrogens with zero attached hydrogens (tertiary/aromatic N) is 1. The van der Waals surface area contributed by atoms with Gasteiger partial charge < -0.3 is 14.4 Å². The molecule has 1 N–H and O–H groups in total. The molecule has 8 heteroatoms. The van der Waals surface area contributed by atoms with Crippen molar-refractivity contribution in [2.24, 2.45) is 0 Å². The Bertz CT molecular complexity index is 1020. The second-order valence-electron chi connectivity index (χ2n) is 7.17. The normalized spacial score (nSPS) is 16.6. The summed E-state index contributed by atoms with van der Waals surface area (Å²) in [6, 6.07) is 10.7. The van der Waals surface area contributed by atoms with Gasteiger partial charge in [0.25, 0.3) is 5.91 Å². The molecule has 1 saturated heterocycles. The van der Waals surface area contributed by atoms with Crippen LogP contribution in [0.1, 0.15) is 40.4 Å². The van der Waals surface area contributed by atoms with Gasteiger partial charge in [-0.2, -0.15) is 0 Å². The highest BCUT2D eigenvalue weighted by atomic mass is 32.2. The average molecular weight is 419 g/mol. The SMILES string of the molecule is COc1ccc([C@@H]2CCCN2C(=O)c2ccc(C)c(NS(C)(=O)=O)c2)cc1OC. The molecule has 0 radical (unpaired) electrons. The van der Waals surface area contributed by atoms with Gasteiger partial charge in [0.05, 0.1) is 32.2 Å². The van der Waals surface area contributed by atoms with Gasteiger partial charge in [-0.3, -0.25) is 9.52 Å². The standard InChI is InChI=1S/C21H26N2O5S/c1-14-7-8-16(12-17(14)22-29(4,25)26)21(24)23-11-5-6-18(23)15-9-10-19(27-2)20(13-15)28-3/h7-10,12-13,18,22H,5-6,11H2,1-4H3/t18-/m0/s1. The molecule has 156 valence electrons. The lowest BCUT2D eigenvalue weighted by atomic mass is 10.0. The third-order valence-electron chi connectivity index (χ3n) is 5.09. The number of rotatable bonds is 6. The molecular formula is C21H26N2O5S. The molecule has 3 rings (SSSR count). The van der Waals surface area contributed by atoms with Crippen molar-refractivity contribution in [3.05, 3.63) is 53.1 Å². The number of amides is 1. The Labute approximate surface area is 171 Å². The quantitative estimate of drug-likeness (QED) is 0.778. The lowest BCUT2D eigenvalue weighted by Gasteiger charge is -2.26. The Morgan fingerprint density at radius 3 is 2.48 bits per heavy atom. The number of anilines is 1. The number of hydrogen-bond acceptors (Lipinski definition) is 5. The Morgan fingerprint density at radius 2 is 1.83 bits per heavy atom. The first-order valence-electron chi connectivity index (χ1n) is 9.35. The van der Waals surface area contributed by atoms with Crippen LogP contribution in [-0.2, 0) is 10.0 Å². The highest BCUT2D eigenvalue weighted by Gasteiger charge is 2.31. The molecule has 0 aliphatic carbocycles. The molecule has 0 unspecified atom stereocenters. The Morgan fingerprint density at radius 1 is 1.10 bits per heavy atom. The van der Waals surface area contributed by atoms with Crippen LogP contribution in [0.5, 0.6) is 11.5 Å². The smallest absolute Gasteiger partial charge is 0.254 e. The summed E-state index contributed by atoms with van der Waals surface area (Å²) in [5.74, 6) is 1.14. The van der Waals surface area contributed by atoms with Crippen molar-refractivity contribution < 1.29 is 22.7 Å². The van der Waals surface area contributed by atoms with Gasteiger partial charge in [0, 0.05) is 12.1 Å². The van der Waals surface area contributed by atoms with Crippen LogP contribution in [0.15, 0.2) is 36.4 Å². The van der Waals surface area contributed by atoms with Gasteiger partial charge in [0.2, 0.25) is 10.0 Å². The van der Waals surface area contributed by atoms with Crippen molar-refractivity contribution in [3.63, 3.8) is 0 Å². The molecule has 1 amide bonds. The predicted octanol–water partition coefficient (Wildman–Crippen LogP) is 3.36. The van der Waals surface area contributed by atoms with Crippen LogP contribution in [0.3, 0.4) is 0 Å². The largest absolute Gasteiger partial charge is 0.493 e. The molecule has 2 aromatic carbocycles. The highest BCUT2D eigenvalue weighted by molar-refractivity contribution is 7.92. The summed E-state index contributed by atoms with van der Waals surface area (Å²) in [5, 5.41) is 0. The summed E-state index contributed by atoms with van der Waals surface area (Å²) in [7, 11) is -0.259. The Hall–Kier alpha value is -2.74. The van der Waals surface area contributed by atoms with Crippen molar-refractivity contribution in [1.29, 1.82) is 0 Å². The second kappa shape index (κ2) is 8.32. The maximum absolute atomic E-state index is 13.2. The van der Waals surface area contributed by atoms with E-state index in [0.29, 0.717) is 29.3 Å². The number of nitrogens with one attached hydrogen (secondary N) is 1. The molecule has 1 heterocycles. The maximum atomic E-state index is 13.2. The molecule has 29 heavy (non-hydrogen) atoms. The van der Waals surface area contributed by atoms with E-state index in [1.54, 1.807) is 39.3 Å². The minimum atomic E-state index is -3.43. The number of ether oxygens (including phenoxy) is 2. The van der Waals surface area contributed by atoms with Crippen LogP contribution < -0.4 is 14.2 Å². The van der Waals surface area contributed by atoms with Crippen molar-refractivity contribution in [2.45, 2.75) is 25.8 Å². The number of likely N-dealkylation sites (tertiary alicyclic amines) is 1. The summed E-state index contributed by atoms with van der Waals surface area (Å²) >= 11 is 0. The van der Waals surface area contributed by atoms with Gasteiger partial charge in [-0.15, -0.1) is 0 Å². The molecular weight excluding hydrogens is 392 g/mol. The summed E-state index contributed by atoms with van der Waals surface area (Å²) in [6.45, 7) is 2.44. The number of hydrogen-bond donors (Lipinski definition) is 1. The Balaban J connectivity index is 1.90. The zero-order valence-corrected chi connectivity index (χ0v) is 17.9. The van der Waals surface area contributed by atoms with Crippen LogP contribution >= 0.6 is 0 Å². The van der Waals surface area contributed by atoms with E-state index in [1.165, 1.54) is 0 Å². The van der Waals surface area contributed by atoms with Gasteiger partial charge in [-0.1, -0.05) is 12.1 Å². The lowest BCUT2D eigenvalue weighted by molar-refractivity contribution is 0.0735. The minimum Gasteiger partial charge on any atom is -0.493 e. The van der Waals surface area contributed by atoms with Crippen molar-refractivity contribution in [3.8, 4) is 11.5 Å². The molecule has 2 aromatic rings. The number of methoxy groups -OCH3 is 2. The number of benzene rings is 2. The zero-order valence-electron chi connectivity index (χ0n) is 17.1. The van der Waals surface area contributed by atoms with Crippen molar-refractivity contribution in [2.75, 3.05) is 31.7 Å². The molecule has 1 fully saturated rings. The van der Waals surface area contributed by atoms with Gasteiger partial charge in [0.1, 0.15) is 0 Å². The topological polar surface area (TPSA) is 84.9 Å². The molecule has 0 spiro atoms. The van der Waals surface area contributed by atoms with Crippen LogP contribution in [-0.4, -0.2) is 46.2 Å². The zero-order chi connectivity index (χ0) is 21.2. The van der Waals surface area contributed by atoms with E-state index in [1.807, 2.05) is 23.1 Å². The molecule has 1 aliphatic rings. The lowest BCUT2D eigenvalue weighted by Crippen LogP contribution is -2.30. The number of sulfonamides is 1. The molecule has 0 bridgehead atoms. The predicted molar refractivity (Wildman–Crippen MR) is 112 cm³/mol. The molecule has 0 saturated carbocycles. The van der Waals surface area contributed by atoms with Crippen LogP contribution in [0.2, 0.25) is 0 Å². The van der Waals surface area contributed by atoms with Gasteiger partial charge in [-0.25, -0.2) is 8.42 Å². The van der Waals surface area contributed by atoms with Crippen LogP contribution in [0.25, 0.3) is 0 Å². The fraction of sp³-hybridized carbons (Fsp3) is 0.381. The van der Waals surface area contributed by atoms with E-state index in [9.17, 15) is 13.2 Å². The molecule has 7 nitrogen and oxygen atoms in total.